The molecule has 0 amide bonds. The zero-order valence-electron chi connectivity index (χ0n) is 16.9. The predicted molar refractivity (Wildman–Crippen MR) is 115 cm³/mol. The number of aliphatic hydroxyl groups is 1. The minimum absolute atomic E-state index is 0.250. The number of nitrogens with zero attached hydrogens (tertiary/aromatic N) is 1. The van der Waals surface area contributed by atoms with Crippen molar-refractivity contribution in [3.8, 4) is 5.75 Å². The molecular formula is C23H32N2O3. The average molecular weight is 385 g/mol. The molecule has 1 aliphatic carbocycles. The second kappa shape index (κ2) is 12.0. The van der Waals surface area contributed by atoms with E-state index >= 15 is 0 Å². The summed E-state index contributed by atoms with van der Waals surface area (Å²) in [6.45, 7) is 2.38. The van der Waals surface area contributed by atoms with E-state index in [9.17, 15) is 0 Å². The van der Waals surface area contributed by atoms with Crippen LogP contribution in [-0.2, 0) is 11.4 Å². The van der Waals surface area contributed by atoms with Gasteiger partial charge in [-0.05, 0) is 67.3 Å². The number of nitrogens with two attached hydrogens (primary N) is 1. The second-order valence-corrected chi connectivity index (χ2v) is 6.87. The molecule has 1 aliphatic rings. The van der Waals surface area contributed by atoms with E-state index in [0.717, 1.165) is 28.3 Å². The number of anilines is 1. The van der Waals surface area contributed by atoms with Gasteiger partial charge in [0.2, 0.25) is 0 Å². The normalized spacial score (nSPS) is 14.8. The molecular weight excluding hydrogens is 352 g/mol. The van der Waals surface area contributed by atoms with Crippen molar-refractivity contribution in [3.05, 3.63) is 59.7 Å². The van der Waals surface area contributed by atoms with Gasteiger partial charge >= 0.3 is 0 Å². The molecule has 0 aromatic heterocycles. The largest absolute Gasteiger partial charge is 0.497 e. The molecule has 5 heteroatoms. The van der Waals surface area contributed by atoms with Crippen LogP contribution in [-0.4, -0.2) is 24.5 Å². The summed E-state index contributed by atoms with van der Waals surface area (Å²) >= 11 is 0. The van der Waals surface area contributed by atoms with Crippen molar-refractivity contribution in [2.24, 2.45) is 11.1 Å². The third-order valence-corrected chi connectivity index (χ3v) is 4.75. The summed E-state index contributed by atoms with van der Waals surface area (Å²) in [5.74, 6) is 1.32. The van der Waals surface area contributed by atoms with Crippen molar-refractivity contribution in [2.75, 3.05) is 19.5 Å². The van der Waals surface area contributed by atoms with Crippen LogP contribution < -0.4 is 10.5 Å². The fourth-order valence-corrected chi connectivity index (χ4v) is 3.29. The van der Waals surface area contributed by atoms with Crippen LogP contribution in [0.1, 0.15) is 50.2 Å². The van der Waals surface area contributed by atoms with Crippen molar-refractivity contribution in [2.45, 2.75) is 45.6 Å². The van der Waals surface area contributed by atoms with Gasteiger partial charge < -0.3 is 20.4 Å². The van der Waals surface area contributed by atoms with Crippen molar-refractivity contribution in [3.63, 3.8) is 0 Å². The van der Waals surface area contributed by atoms with Crippen LogP contribution in [0.25, 0.3) is 0 Å². The van der Waals surface area contributed by atoms with E-state index in [4.69, 9.17) is 20.4 Å². The minimum Gasteiger partial charge on any atom is -0.497 e. The summed E-state index contributed by atoms with van der Waals surface area (Å²) in [7, 11) is 1.68. The first kappa shape index (κ1) is 21.8. The maximum absolute atomic E-state index is 7.57. The van der Waals surface area contributed by atoms with Crippen molar-refractivity contribution in [1.82, 2.24) is 0 Å². The first-order chi connectivity index (χ1) is 13.7. The van der Waals surface area contributed by atoms with Crippen LogP contribution >= 0.6 is 0 Å². The van der Waals surface area contributed by atoms with Gasteiger partial charge in [0, 0.05) is 18.2 Å². The lowest BCUT2D eigenvalue weighted by atomic mass is 9.83. The number of rotatable bonds is 6. The lowest BCUT2D eigenvalue weighted by molar-refractivity contribution is 0.128. The second-order valence-electron chi connectivity index (χ2n) is 6.87. The highest BCUT2D eigenvalue weighted by atomic mass is 16.6. The fraction of sp³-hybridized carbons (Fsp3) is 0.435. The number of oxime groups is 1. The molecule has 3 N–H and O–H groups in total. The Kier molecular flexibility index (Phi) is 9.35. The minimum atomic E-state index is 0.250. The zero-order valence-corrected chi connectivity index (χ0v) is 16.9. The van der Waals surface area contributed by atoms with E-state index in [1.54, 1.807) is 14.0 Å². The number of hydrogen-bond donors (Lipinski definition) is 2. The molecule has 5 nitrogen and oxygen atoms in total. The van der Waals surface area contributed by atoms with Crippen molar-refractivity contribution >= 4 is 11.4 Å². The van der Waals surface area contributed by atoms with E-state index in [2.05, 4.69) is 17.3 Å². The standard InChI is InChI=1S/C21H26N2O2.C2H6O/c1-24-20-13-9-18(10-14-20)21(17-5-3-2-4-6-17)23-25-15-16-7-11-19(22)12-8-16;1-2-3/h7-14,17H,2-6,15,22H2,1H3;3H,2H2,1H3/b23-21+;. The summed E-state index contributed by atoms with van der Waals surface area (Å²) in [5.41, 5.74) is 9.71. The summed E-state index contributed by atoms with van der Waals surface area (Å²) in [6.07, 6.45) is 6.19. The van der Waals surface area contributed by atoms with Gasteiger partial charge in [-0.25, -0.2) is 0 Å². The first-order valence-corrected chi connectivity index (χ1v) is 9.97. The molecule has 0 bridgehead atoms. The Balaban J connectivity index is 0.000000878. The summed E-state index contributed by atoms with van der Waals surface area (Å²) in [6, 6.07) is 15.8. The Morgan fingerprint density at radius 3 is 2.21 bits per heavy atom. The van der Waals surface area contributed by atoms with Gasteiger partial charge in [-0.3, -0.25) is 0 Å². The third kappa shape index (κ3) is 6.89. The predicted octanol–water partition coefficient (Wildman–Crippen LogP) is 4.78. The third-order valence-electron chi connectivity index (χ3n) is 4.75. The molecule has 2 aromatic carbocycles. The highest BCUT2D eigenvalue weighted by Crippen LogP contribution is 2.28. The molecule has 0 aliphatic heterocycles. The molecule has 1 fully saturated rings. The number of methoxy groups -OCH3 is 1. The maximum atomic E-state index is 7.57. The van der Waals surface area contributed by atoms with Gasteiger partial charge in [-0.2, -0.15) is 0 Å². The van der Waals surface area contributed by atoms with Crippen molar-refractivity contribution in [1.29, 1.82) is 0 Å². The Morgan fingerprint density at radius 1 is 1.04 bits per heavy atom. The quantitative estimate of drug-likeness (QED) is 0.427. The van der Waals surface area contributed by atoms with Crippen LogP contribution in [0.2, 0.25) is 0 Å². The Hall–Kier alpha value is -2.53. The molecule has 0 radical (unpaired) electrons. The molecule has 2 aromatic rings. The summed E-state index contributed by atoms with van der Waals surface area (Å²) in [5, 5.41) is 12.1. The number of aliphatic hydroxyl groups excluding tert-OH is 1. The fourth-order valence-electron chi connectivity index (χ4n) is 3.29. The molecule has 3 rings (SSSR count). The van der Waals surface area contributed by atoms with Crippen LogP contribution in [0.5, 0.6) is 5.75 Å². The molecule has 0 heterocycles. The molecule has 0 saturated heterocycles. The maximum Gasteiger partial charge on any atom is 0.142 e. The van der Waals surface area contributed by atoms with Crippen LogP contribution in [0, 0.1) is 5.92 Å². The molecule has 0 unspecified atom stereocenters. The Bertz CT molecular complexity index is 706. The number of ether oxygens (including phenoxy) is 1. The number of benzene rings is 2. The topological polar surface area (TPSA) is 77.1 Å². The molecule has 1 saturated carbocycles. The van der Waals surface area contributed by atoms with Crippen LogP contribution in [0.3, 0.4) is 0 Å². The highest BCUT2D eigenvalue weighted by molar-refractivity contribution is 6.02. The van der Waals surface area contributed by atoms with E-state index in [0.29, 0.717) is 12.5 Å². The lowest BCUT2D eigenvalue weighted by Gasteiger charge is -2.23. The van der Waals surface area contributed by atoms with E-state index in [1.165, 1.54) is 32.1 Å². The van der Waals surface area contributed by atoms with Gasteiger partial charge in [0.1, 0.15) is 12.4 Å². The molecule has 28 heavy (non-hydrogen) atoms. The van der Waals surface area contributed by atoms with Crippen molar-refractivity contribution < 1.29 is 14.7 Å². The van der Waals surface area contributed by atoms with E-state index in [1.807, 2.05) is 36.4 Å². The Labute approximate surface area is 168 Å². The van der Waals surface area contributed by atoms with E-state index in [-0.39, 0.29) is 6.61 Å². The number of nitrogen functional groups attached to an aromatic ring is 1. The van der Waals surface area contributed by atoms with Gasteiger partial charge in [0.05, 0.1) is 12.8 Å². The SMILES string of the molecule is CCO.COc1ccc(/C(=N/OCc2ccc(N)cc2)C2CCCCC2)cc1. The lowest BCUT2D eigenvalue weighted by Crippen LogP contribution is -2.19. The van der Waals surface area contributed by atoms with Gasteiger partial charge in [0.25, 0.3) is 0 Å². The van der Waals surface area contributed by atoms with Crippen LogP contribution in [0.15, 0.2) is 53.7 Å². The van der Waals surface area contributed by atoms with Gasteiger partial charge in [-0.1, -0.05) is 36.6 Å². The monoisotopic (exact) mass is 384 g/mol. The van der Waals surface area contributed by atoms with Gasteiger partial charge in [0.15, 0.2) is 0 Å². The number of hydrogen-bond acceptors (Lipinski definition) is 5. The smallest absolute Gasteiger partial charge is 0.142 e. The summed E-state index contributed by atoms with van der Waals surface area (Å²) < 4.78 is 5.26. The average Bonchev–Trinajstić information content (AvgIpc) is 2.74. The highest BCUT2D eigenvalue weighted by Gasteiger charge is 2.21. The molecule has 0 spiro atoms. The molecule has 152 valence electrons. The summed E-state index contributed by atoms with van der Waals surface area (Å²) in [4.78, 5) is 5.70. The molecule has 0 atom stereocenters. The van der Waals surface area contributed by atoms with Crippen LogP contribution in [0.4, 0.5) is 5.69 Å². The first-order valence-electron chi connectivity index (χ1n) is 9.97. The zero-order chi connectivity index (χ0) is 20.2. The van der Waals surface area contributed by atoms with E-state index < -0.39 is 0 Å². The Morgan fingerprint density at radius 2 is 1.64 bits per heavy atom. The van der Waals surface area contributed by atoms with Gasteiger partial charge in [-0.15, -0.1) is 0 Å².